The van der Waals surface area contributed by atoms with Crippen molar-refractivity contribution >= 4 is 11.8 Å². The van der Waals surface area contributed by atoms with E-state index in [1.807, 2.05) is 0 Å². The normalized spacial score (nSPS) is 16.8. The molecule has 9 heteroatoms. The van der Waals surface area contributed by atoms with Crippen LogP contribution in [0, 0.1) is 5.92 Å². The van der Waals surface area contributed by atoms with Gasteiger partial charge in [-0.05, 0) is 38.5 Å². The van der Waals surface area contributed by atoms with Crippen LogP contribution in [-0.2, 0) is 28.5 Å². The van der Waals surface area contributed by atoms with Gasteiger partial charge in [-0.2, -0.15) is 0 Å². The predicted molar refractivity (Wildman–Crippen MR) is 168 cm³/mol. The first kappa shape index (κ1) is 36.9. The Morgan fingerprint density at radius 1 is 0.500 bits per heavy atom. The maximum atomic E-state index is 12.3. The minimum Gasteiger partial charge on any atom is -0.379 e. The number of rotatable bonds is 26. The Kier molecular flexibility index (Phi) is 24.0. The van der Waals surface area contributed by atoms with Gasteiger partial charge in [-0.15, -0.1) is 0 Å². The van der Waals surface area contributed by atoms with Crippen molar-refractivity contribution in [3.63, 3.8) is 0 Å². The Bertz CT molecular complexity index is 639. The average molecular weight is 598 g/mol. The van der Waals surface area contributed by atoms with Crippen molar-refractivity contribution in [3.8, 4) is 0 Å². The topological polar surface area (TPSA) is 107 Å². The number of carbonyl (C=O) groups excluding carboxylic acids is 2. The lowest BCUT2D eigenvalue weighted by Gasteiger charge is -2.22. The molecule has 0 atom stereocenters. The molecule has 0 aromatic carbocycles. The summed E-state index contributed by atoms with van der Waals surface area (Å²) in [7, 11) is 0. The van der Waals surface area contributed by atoms with E-state index in [1.54, 1.807) is 0 Å². The lowest BCUT2D eigenvalue weighted by atomic mass is 9.96. The molecule has 0 aromatic rings. The first-order valence-electron chi connectivity index (χ1n) is 17.3. The second-order valence-electron chi connectivity index (χ2n) is 11.9. The zero-order chi connectivity index (χ0) is 29.8. The van der Waals surface area contributed by atoms with Crippen molar-refractivity contribution in [1.29, 1.82) is 0 Å². The minimum absolute atomic E-state index is 0.0423. The van der Waals surface area contributed by atoms with Crippen LogP contribution in [0.4, 0.5) is 0 Å². The van der Waals surface area contributed by atoms with Gasteiger partial charge in [0.1, 0.15) is 0 Å². The molecule has 2 amide bonds. The molecule has 3 N–H and O–H groups in total. The number of unbranched alkanes of at least 4 members (excludes halogenated alkanes) is 5. The summed E-state index contributed by atoms with van der Waals surface area (Å²) in [5.41, 5.74) is 0. The second kappa shape index (κ2) is 27.3. The molecule has 246 valence electrons. The molecule has 0 radical (unpaired) electrons. The molecule has 9 nitrogen and oxygen atoms in total. The van der Waals surface area contributed by atoms with Gasteiger partial charge < -0.3 is 34.9 Å². The first-order chi connectivity index (χ1) is 20.8. The molecule has 0 unspecified atom stereocenters. The Balaban J connectivity index is 1.21. The smallest absolute Gasteiger partial charge is 0.223 e. The molecule has 0 heterocycles. The number of ether oxygens (including phenoxy) is 4. The van der Waals surface area contributed by atoms with Gasteiger partial charge in [0, 0.05) is 38.0 Å². The Hall–Kier alpha value is -1.26. The standard InChI is InChI=1S/C33H63N3O6/c37-32(35-19-12-5-1-2-6-13-20-36-33(38)30-14-8-3-4-9-15-30)18-22-39-24-26-41-28-29-42-27-25-40-23-21-34-31-16-10-7-11-17-31/h30-31,34H,1-29H2,(H,35,37)(H,36,38). The molecule has 2 fully saturated rings. The van der Waals surface area contributed by atoms with Crippen LogP contribution in [-0.4, -0.2) is 90.3 Å². The van der Waals surface area contributed by atoms with Crippen LogP contribution in [0.15, 0.2) is 0 Å². The summed E-state index contributed by atoms with van der Waals surface area (Å²) in [4.78, 5) is 24.2. The van der Waals surface area contributed by atoms with Crippen LogP contribution in [0.2, 0.25) is 0 Å². The Labute approximate surface area is 256 Å². The molecule has 2 rings (SSSR count). The summed E-state index contributed by atoms with van der Waals surface area (Å²) in [5, 5.41) is 9.69. The van der Waals surface area contributed by atoms with E-state index >= 15 is 0 Å². The van der Waals surface area contributed by atoms with Gasteiger partial charge in [-0.3, -0.25) is 9.59 Å². The number of hydrogen-bond donors (Lipinski definition) is 3. The number of nitrogens with one attached hydrogen (secondary N) is 3. The summed E-state index contributed by atoms with van der Waals surface area (Å²) in [5.74, 6) is 0.566. The third-order valence-corrected chi connectivity index (χ3v) is 8.32. The molecule has 0 saturated heterocycles. The zero-order valence-corrected chi connectivity index (χ0v) is 26.6. The highest BCUT2D eigenvalue weighted by atomic mass is 16.6. The fraction of sp³-hybridized carbons (Fsp3) is 0.939. The summed E-state index contributed by atoms with van der Waals surface area (Å²) in [6.07, 6.45) is 20.9. The van der Waals surface area contributed by atoms with Crippen molar-refractivity contribution in [1.82, 2.24) is 16.0 Å². The van der Waals surface area contributed by atoms with Crippen molar-refractivity contribution in [2.45, 2.75) is 122 Å². The predicted octanol–water partition coefficient (Wildman–Crippen LogP) is 4.91. The average Bonchev–Trinajstić information content (AvgIpc) is 3.30. The fourth-order valence-electron chi connectivity index (χ4n) is 5.74. The van der Waals surface area contributed by atoms with E-state index in [-0.39, 0.29) is 17.7 Å². The van der Waals surface area contributed by atoms with E-state index in [1.165, 1.54) is 70.6 Å². The number of amides is 2. The molecular weight excluding hydrogens is 534 g/mol. The largest absolute Gasteiger partial charge is 0.379 e. The first-order valence-corrected chi connectivity index (χ1v) is 17.3. The highest BCUT2D eigenvalue weighted by Crippen LogP contribution is 2.22. The summed E-state index contributed by atoms with van der Waals surface area (Å²) < 4.78 is 22.1. The third-order valence-electron chi connectivity index (χ3n) is 8.32. The molecule has 0 spiro atoms. The van der Waals surface area contributed by atoms with Gasteiger partial charge in [0.05, 0.1) is 52.9 Å². The summed E-state index contributed by atoms with van der Waals surface area (Å²) in [6, 6.07) is 0.682. The minimum atomic E-state index is 0.0423. The van der Waals surface area contributed by atoms with E-state index in [9.17, 15) is 9.59 Å². The SMILES string of the molecule is O=C(CCOCCOCCOCCOCCNC1CCCCC1)NCCCCCCCCNC(=O)C1CCCCCC1. The molecule has 0 bridgehead atoms. The third kappa shape index (κ3) is 21.4. The lowest BCUT2D eigenvalue weighted by molar-refractivity contribution is -0.125. The highest BCUT2D eigenvalue weighted by Gasteiger charge is 2.19. The van der Waals surface area contributed by atoms with Gasteiger partial charge in [0.15, 0.2) is 0 Å². The van der Waals surface area contributed by atoms with Gasteiger partial charge in [0.2, 0.25) is 11.8 Å². The second-order valence-corrected chi connectivity index (χ2v) is 11.9. The van der Waals surface area contributed by atoms with Gasteiger partial charge in [-0.1, -0.05) is 70.6 Å². The van der Waals surface area contributed by atoms with Gasteiger partial charge >= 0.3 is 0 Å². The molecule has 2 saturated carbocycles. The van der Waals surface area contributed by atoms with Crippen molar-refractivity contribution in [2.75, 3.05) is 72.5 Å². The zero-order valence-electron chi connectivity index (χ0n) is 26.6. The van der Waals surface area contributed by atoms with Gasteiger partial charge in [0.25, 0.3) is 0 Å². The quantitative estimate of drug-likeness (QED) is 0.0961. The molecule has 42 heavy (non-hydrogen) atoms. The van der Waals surface area contributed by atoms with Crippen LogP contribution in [0.25, 0.3) is 0 Å². The number of hydrogen-bond acceptors (Lipinski definition) is 7. The molecule has 2 aliphatic carbocycles. The lowest BCUT2D eigenvalue weighted by Crippen LogP contribution is -2.33. The van der Waals surface area contributed by atoms with E-state index in [0.717, 1.165) is 64.8 Å². The van der Waals surface area contributed by atoms with Crippen molar-refractivity contribution in [2.24, 2.45) is 5.92 Å². The highest BCUT2D eigenvalue weighted by molar-refractivity contribution is 5.78. The fourth-order valence-corrected chi connectivity index (χ4v) is 5.74. The van der Waals surface area contributed by atoms with Crippen LogP contribution < -0.4 is 16.0 Å². The van der Waals surface area contributed by atoms with Crippen LogP contribution in [0.3, 0.4) is 0 Å². The molecule has 0 aromatic heterocycles. The molecular formula is C33H63N3O6. The van der Waals surface area contributed by atoms with Crippen LogP contribution in [0.5, 0.6) is 0 Å². The van der Waals surface area contributed by atoms with Crippen molar-refractivity contribution in [3.05, 3.63) is 0 Å². The van der Waals surface area contributed by atoms with E-state index in [2.05, 4.69) is 16.0 Å². The molecule has 0 aliphatic heterocycles. The maximum Gasteiger partial charge on any atom is 0.223 e. The van der Waals surface area contributed by atoms with Crippen LogP contribution >= 0.6 is 0 Å². The Morgan fingerprint density at radius 3 is 1.60 bits per heavy atom. The Morgan fingerprint density at radius 2 is 0.976 bits per heavy atom. The van der Waals surface area contributed by atoms with E-state index < -0.39 is 0 Å². The van der Waals surface area contributed by atoms with E-state index in [4.69, 9.17) is 18.9 Å². The van der Waals surface area contributed by atoms with Gasteiger partial charge in [-0.25, -0.2) is 0 Å². The summed E-state index contributed by atoms with van der Waals surface area (Å²) >= 11 is 0. The summed E-state index contributed by atoms with van der Waals surface area (Å²) in [6.45, 7) is 6.85. The number of carbonyl (C=O) groups is 2. The van der Waals surface area contributed by atoms with Crippen LogP contribution in [0.1, 0.15) is 116 Å². The molecule has 2 aliphatic rings. The van der Waals surface area contributed by atoms with E-state index in [0.29, 0.717) is 58.7 Å². The van der Waals surface area contributed by atoms with Crippen molar-refractivity contribution < 1.29 is 28.5 Å². The maximum absolute atomic E-state index is 12.3. The monoisotopic (exact) mass is 597 g/mol.